The minimum Gasteiger partial charge on any atom is -0.443 e. The van der Waals surface area contributed by atoms with Crippen LogP contribution < -0.4 is 4.74 Å². The van der Waals surface area contributed by atoms with E-state index in [0.717, 1.165) is 23.6 Å². The largest absolute Gasteiger partial charge is 0.443 e. The highest BCUT2D eigenvalue weighted by molar-refractivity contribution is 7.08. The van der Waals surface area contributed by atoms with E-state index >= 15 is 0 Å². The number of rotatable bonds is 6. The summed E-state index contributed by atoms with van der Waals surface area (Å²) in [5.41, 5.74) is 2.60. The lowest BCUT2D eigenvalue weighted by molar-refractivity contribution is 0.491. The van der Waals surface area contributed by atoms with E-state index in [2.05, 4.69) is 15.4 Å². The Balaban J connectivity index is 1.92. The number of aromatic nitrogens is 1. The van der Waals surface area contributed by atoms with E-state index in [4.69, 9.17) is 16.3 Å². The summed E-state index contributed by atoms with van der Waals surface area (Å²) in [6.07, 6.45) is 1.71. The van der Waals surface area contributed by atoms with E-state index in [-0.39, 0.29) is 5.56 Å². The lowest BCUT2D eigenvalue weighted by Gasteiger charge is -2.11. The molecular formula is C21H18ClFN4OS. The van der Waals surface area contributed by atoms with E-state index in [0.29, 0.717) is 32.8 Å². The molecule has 0 N–H and O–H groups in total. The molecule has 0 saturated heterocycles. The molecule has 0 unspecified atom stereocenters. The first-order chi connectivity index (χ1) is 13.9. The molecule has 148 valence electrons. The van der Waals surface area contributed by atoms with Crippen molar-refractivity contribution in [2.45, 2.75) is 13.8 Å². The molecule has 5 nitrogen and oxygen atoms in total. The number of ether oxygens (including phenoxy) is 1. The van der Waals surface area contributed by atoms with Crippen LogP contribution in [0.5, 0.6) is 10.8 Å². The average Bonchev–Trinajstić information content (AvgIpc) is 3.11. The molecule has 0 fully saturated rings. The molecule has 8 heteroatoms. The lowest BCUT2D eigenvalue weighted by atomic mass is 10.1. The highest BCUT2D eigenvalue weighted by Crippen LogP contribution is 2.40. The summed E-state index contributed by atoms with van der Waals surface area (Å²) in [5.74, 6) is 0.109. The molecule has 0 bridgehead atoms. The number of aryl methyl sites for hydroxylation is 1. The van der Waals surface area contributed by atoms with Crippen molar-refractivity contribution in [2.24, 2.45) is 4.99 Å². The molecule has 0 atom stereocenters. The van der Waals surface area contributed by atoms with E-state index in [1.54, 1.807) is 24.5 Å². The molecule has 0 spiro atoms. The number of aliphatic imine (C=N–C) groups is 1. The van der Waals surface area contributed by atoms with Gasteiger partial charge >= 0.3 is 0 Å². The van der Waals surface area contributed by atoms with Crippen molar-refractivity contribution in [3.05, 3.63) is 58.4 Å². The summed E-state index contributed by atoms with van der Waals surface area (Å²) in [6, 6.07) is 11.5. The maximum atomic E-state index is 13.5. The van der Waals surface area contributed by atoms with Gasteiger partial charge in [0.25, 0.3) is 0 Å². The van der Waals surface area contributed by atoms with Crippen LogP contribution in [0.2, 0.25) is 5.02 Å². The van der Waals surface area contributed by atoms with E-state index in [9.17, 15) is 9.65 Å². The Labute approximate surface area is 177 Å². The highest BCUT2D eigenvalue weighted by atomic mass is 35.5. The molecular weight excluding hydrogens is 411 g/mol. The van der Waals surface area contributed by atoms with E-state index < -0.39 is 5.82 Å². The van der Waals surface area contributed by atoms with Crippen molar-refractivity contribution in [3.8, 4) is 28.1 Å². The minimum absolute atomic E-state index is 0.253. The number of halogens is 2. The molecule has 3 rings (SSSR count). The van der Waals surface area contributed by atoms with Crippen molar-refractivity contribution in [2.75, 3.05) is 13.6 Å². The zero-order valence-electron chi connectivity index (χ0n) is 16.1. The van der Waals surface area contributed by atoms with Gasteiger partial charge in [0.1, 0.15) is 28.9 Å². The molecule has 2 aromatic carbocycles. The van der Waals surface area contributed by atoms with Crippen LogP contribution in [-0.2, 0) is 0 Å². The third-order valence-electron chi connectivity index (χ3n) is 4.21. The van der Waals surface area contributed by atoms with Crippen molar-refractivity contribution in [1.29, 1.82) is 5.26 Å². The number of nitriles is 1. The van der Waals surface area contributed by atoms with Crippen LogP contribution in [0, 0.1) is 24.1 Å². The van der Waals surface area contributed by atoms with E-state index in [1.807, 2.05) is 31.9 Å². The Bertz CT molecular complexity index is 1110. The van der Waals surface area contributed by atoms with Crippen molar-refractivity contribution in [1.82, 2.24) is 9.27 Å². The third kappa shape index (κ3) is 4.73. The first-order valence-corrected chi connectivity index (χ1v) is 9.96. The molecule has 1 heterocycles. The fraction of sp³-hybridized carbons (Fsp3) is 0.190. The molecule has 3 aromatic rings. The summed E-state index contributed by atoms with van der Waals surface area (Å²) in [7, 11) is 1.92. The Morgan fingerprint density at radius 3 is 2.86 bits per heavy atom. The molecule has 1 aromatic heterocycles. The standard InChI is InChI=1S/C21H18ClFN4OS/c1-4-27(3)12-25-18-8-13(2)19(10-17(18)22)28-21-16(11-24)20(26-29-21)14-6-5-7-15(23)9-14/h5-10,12H,4H2,1-3H3/b25-12-. The van der Waals surface area contributed by atoms with Crippen LogP contribution in [0.1, 0.15) is 18.1 Å². The van der Waals surface area contributed by atoms with Crippen LogP contribution in [0.4, 0.5) is 10.1 Å². The fourth-order valence-corrected chi connectivity index (χ4v) is 3.41. The van der Waals surface area contributed by atoms with Crippen LogP contribution in [0.25, 0.3) is 11.3 Å². The third-order valence-corrected chi connectivity index (χ3v) is 5.24. The van der Waals surface area contributed by atoms with Gasteiger partial charge in [-0.25, -0.2) is 9.38 Å². The number of hydrogen-bond donors (Lipinski definition) is 0. The van der Waals surface area contributed by atoms with Crippen LogP contribution in [0.3, 0.4) is 0 Å². The summed E-state index contributed by atoms with van der Waals surface area (Å²) in [5, 5.41) is 10.4. The van der Waals surface area contributed by atoms with E-state index in [1.165, 1.54) is 12.1 Å². The maximum Gasteiger partial charge on any atom is 0.218 e. The number of nitrogens with zero attached hydrogens (tertiary/aromatic N) is 4. The SMILES string of the molecule is CCN(C)/C=N\c1cc(C)c(Oc2snc(-c3cccc(F)c3)c2C#N)cc1Cl. The predicted molar refractivity (Wildman–Crippen MR) is 115 cm³/mol. The van der Waals surface area contributed by atoms with Crippen molar-refractivity contribution in [3.63, 3.8) is 0 Å². The molecule has 0 aliphatic carbocycles. The van der Waals surface area contributed by atoms with Gasteiger partial charge in [-0.3, -0.25) is 0 Å². The van der Waals surface area contributed by atoms with Crippen LogP contribution >= 0.6 is 23.1 Å². The zero-order valence-corrected chi connectivity index (χ0v) is 17.7. The highest BCUT2D eigenvalue weighted by Gasteiger charge is 2.19. The van der Waals surface area contributed by atoms with Gasteiger partial charge in [-0.2, -0.15) is 9.64 Å². The Morgan fingerprint density at radius 2 is 2.17 bits per heavy atom. The maximum absolute atomic E-state index is 13.5. The quantitative estimate of drug-likeness (QED) is 0.347. The fourth-order valence-electron chi connectivity index (χ4n) is 2.48. The summed E-state index contributed by atoms with van der Waals surface area (Å²) in [6.45, 7) is 4.72. The van der Waals surface area contributed by atoms with Gasteiger partial charge in [0.15, 0.2) is 0 Å². The second kappa shape index (κ2) is 9.03. The van der Waals surface area contributed by atoms with Crippen molar-refractivity contribution < 1.29 is 9.13 Å². The van der Waals surface area contributed by atoms with Gasteiger partial charge < -0.3 is 9.64 Å². The Hall–Kier alpha value is -2.95. The summed E-state index contributed by atoms with van der Waals surface area (Å²) < 4.78 is 23.8. The topological polar surface area (TPSA) is 61.5 Å². The van der Waals surface area contributed by atoms with Gasteiger partial charge in [0.2, 0.25) is 5.06 Å². The van der Waals surface area contributed by atoms with Gasteiger partial charge in [0.05, 0.1) is 17.0 Å². The lowest BCUT2D eigenvalue weighted by Crippen LogP contribution is -2.14. The Morgan fingerprint density at radius 1 is 1.38 bits per heavy atom. The second-order valence-electron chi connectivity index (χ2n) is 6.30. The first-order valence-electron chi connectivity index (χ1n) is 8.81. The van der Waals surface area contributed by atoms with Gasteiger partial charge in [-0.1, -0.05) is 23.7 Å². The first kappa shape index (κ1) is 20.8. The molecule has 0 amide bonds. The van der Waals surface area contributed by atoms with Crippen LogP contribution in [-0.4, -0.2) is 29.2 Å². The smallest absolute Gasteiger partial charge is 0.218 e. The molecule has 29 heavy (non-hydrogen) atoms. The second-order valence-corrected chi connectivity index (χ2v) is 7.45. The predicted octanol–water partition coefficient (Wildman–Crippen LogP) is 6.19. The Kier molecular flexibility index (Phi) is 6.47. The molecule has 0 aliphatic heterocycles. The van der Waals surface area contributed by atoms with Gasteiger partial charge in [0, 0.05) is 36.8 Å². The summed E-state index contributed by atoms with van der Waals surface area (Å²) in [4.78, 5) is 6.32. The van der Waals surface area contributed by atoms with Crippen molar-refractivity contribution >= 4 is 35.2 Å². The average molecular weight is 429 g/mol. The molecule has 0 saturated carbocycles. The normalized spacial score (nSPS) is 10.9. The molecule has 0 radical (unpaired) electrons. The van der Waals surface area contributed by atoms with Gasteiger partial charge in [-0.15, -0.1) is 0 Å². The van der Waals surface area contributed by atoms with Gasteiger partial charge in [-0.05, 0) is 37.6 Å². The monoisotopic (exact) mass is 428 g/mol. The minimum atomic E-state index is -0.394. The number of hydrogen-bond acceptors (Lipinski definition) is 5. The van der Waals surface area contributed by atoms with Crippen LogP contribution in [0.15, 0.2) is 41.4 Å². The summed E-state index contributed by atoms with van der Waals surface area (Å²) >= 11 is 7.39. The molecule has 0 aliphatic rings. The zero-order chi connectivity index (χ0) is 21.0. The number of benzene rings is 2.